The van der Waals surface area contributed by atoms with Gasteiger partial charge in [0, 0.05) is 24.3 Å². The molecule has 0 N–H and O–H groups in total. The van der Waals surface area contributed by atoms with Crippen LogP contribution in [-0.4, -0.2) is 25.2 Å². The zero-order valence-corrected chi connectivity index (χ0v) is 12.4. The highest BCUT2D eigenvalue weighted by Crippen LogP contribution is 2.43. The number of esters is 2. The van der Waals surface area contributed by atoms with Gasteiger partial charge in [-0.3, -0.25) is 4.79 Å². The smallest absolute Gasteiger partial charge is 0.334 e. The van der Waals surface area contributed by atoms with Crippen LogP contribution in [0.15, 0.2) is 23.3 Å². The predicted molar refractivity (Wildman–Crippen MR) is 74.9 cm³/mol. The lowest BCUT2D eigenvalue weighted by molar-refractivity contribution is -0.141. The Kier molecular flexibility index (Phi) is 4.31. The molecule has 1 saturated heterocycles. The van der Waals surface area contributed by atoms with Crippen molar-refractivity contribution >= 4 is 11.9 Å². The van der Waals surface area contributed by atoms with Crippen molar-refractivity contribution in [3.8, 4) is 0 Å². The number of carbonyl (C=O) groups excluding carboxylic acids is 2. The molecule has 1 heterocycles. The Morgan fingerprint density at radius 2 is 2.20 bits per heavy atom. The summed E-state index contributed by atoms with van der Waals surface area (Å²) in [5.41, 5.74) is 3.22. The van der Waals surface area contributed by atoms with Crippen LogP contribution in [-0.2, 0) is 19.1 Å². The van der Waals surface area contributed by atoms with E-state index in [2.05, 4.69) is 25.2 Å². The molecular formula is C16H22O4. The van der Waals surface area contributed by atoms with E-state index in [0.717, 1.165) is 19.3 Å². The summed E-state index contributed by atoms with van der Waals surface area (Å²) in [6, 6.07) is 0. The van der Waals surface area contributed by atoms with Crippen LogP contribution in [0.25, 0.3) is 0 Å². The minimum absolute atomic E-state index is 0.0356. The fourth-order valence-corrected chi connectivity index (χ4v) is 3.19. The van der Waals surface area contributed by atoms with E-state index in [-0.39, 0.29) is 24.0 Å². The van der Waals surface area contributed by atoms with E-state index in [9.17, 15) is 9.59 Å². The van der Waals surface area contributed by atoms with E-state index in [1.807, 2.05) is 0 Å². The van der Waals surface area contributed by atoms with E-state index in [1.54, 1.807) is 0 Å². The number of carbonyl (C=O) groups is 2. The van der Waals surface area contributed by atoms with Crippen LogP contribution in [0.4, 0.5) is 0 Å². The van der Waals surface area contributed by atoms with Gasteiger partial charge in [0.25, 0.3) is 0 Å². The number of hydrogen-bond acceptors (Lipinski definition) is 4. The molecule has 4 heteroatoms. The summed E-state index contributed by atoms with van der Waals surface area (Å²) in [5, 5.41) is 0. The van der Waals surface area contributed by atoms with Gasteiger partial charge in [-0.15, -0.1) is 0 Å². The normalized spacial score (nSPS) is 27.1. The highest BCUT2D eigenvalue weighted by Gasteiger charge is 2.42. The fraction of sp³-hybridized carbons (Fsp3) is 0.625. The summed E-state index contributed by atoms with van der Waals surface area (Å²) in [6.45, 7) is 8.07. The van der Waals surface area contributed by atoms with Crippen molar-refractivity contribution in [1.82, 2.24) is 0 Å². The third-order valence-corrected chi connectivity index (χ3v) is 4.52. The topological polar surface area (TPSA) is 52.6 Å². The zero-order valence-electron chi connectivity index (χ0n) is 12.4. The van der Waals surface area contributed by atoms with Gasteiger partial charge >= 0.3 is 11.9 Å². The summed E-state index contributed by atoms with van der Waals surface area (Å²) in [5.74, 6) is 0.00386. The average molecular weight is 278 g/mol. The van der Waals surface area contributed by atoms with Crippen molar-refractivity contribution < 1.29 is 19.1 Å². The molecule has 3 unspecified atom stereocenters. The van der Waals surface area contributed by atoms with Crippen LogP contribution in [0.2, 0.25) is 0 Å². The number of rotatable bonds is 4. The van der Waals surface area contributed by atoms with E-state index in [4.69, 9.17) is 4.74 Å². The van der Waals surface area contributed by atoms with Gasteiger partial charge in [-0.05, 0) is 25.7 Å². The summed E-state index contributed by atoms with van der Waals surface area (Å²) in [4.78, 5) is 22.8. The fourth-order valence-electron chi connectivity index (χ4n) is 3.19. The Morgan fingerprint density at radius 3 is 2.85 bits per heavy atom. The van der Waals surface area contributed by atoms with Crippen LogP contribution in [0, 0.1) is 11.8 Å². The molecule has 0 radical (unpaired) electrons. The van der Waals surface area contributed by atoms with Crippen molar-refractivity contribution in [2.45, 2.75) is 45.6 Å². The molecule has 2 rings (SSSR count). The molecule has 1 aliphatic carbocycles. The second-order valence-electron chi connectivity index (χ2n) is 5.81. The molecular weight excluding hydrogens is 256 g/mol. The minimum atomic E-state index is -0.253. The molecule has 20 heavy (non-hydrogen) atoms. The quantitative estimate of drug-likeness (QED) is 0.451. The number of fused-ring (bicyclic) bond motifs is 1. The lowest BCUT2D eigenvalue weighted by Gasteiger charge is -2.30. The lowest BCUT2D eigenvalue weighted by Crippen LogP contribution is -2.25. The second kappa shape index (κ2) is 5.81. The second-order valence-corrected chi connectivity index (χ2v) is 5.81. The molecule has 0 aromatic carbocycles. The summed E-state index contributed by atoms with van der Waals surface area (Å²) in [7, 11) is 1.41. The predicted octanol–water partition coefficient (Wildman–Crippen LogP) is 2.78. The standard InChI is InChI=1S/C16H22O4/c1-9(5-6-15(17)19-4)12-8-13-11(3)16(18)20-14(13)7-10(12)2/h9,13-14H,3,5-8H2,1-2,4H3. The first-order valence-corrected chi connectivity index (χ1v) is 7.09. The highest BCUT2D eigenvalue weighted by molar-refractivity contribution is 5.91. The molecule has 0 bridgehead atoms. The Labute approximate surface area is 119 Å². The number of hydrogen-bond donors (Lipinski definition) is 0. The number of allylic oxidation sites excluding steroid dienone is 1. The van der Waals surface area contributed by atoms with Gasteiger partial charge in [0.1, 0.15) is 6.10 Å². The van der Waals surface area contributed by atoms with Crippen molar-refractivity contribution in [3.05, 3.63) is 23.3 Å². The maximum Gasteiger partial charge on any atom is 0.334 e. The molecule has 1 aliphatic heterocycles. The minimum Gasteiger partial charge on any atom is -0.469 e. The average Bonchev–Trinajstić information content (AvgIpc) is 2.69. The van der Waals surface area contributed by atoms with Gasteiger partial charge in [-0.25, -0.2) is 4.79 Å². The molecule has 110 valence electrons. The maximum absolute atomic E-state index is 11.6. The third kappa shape index (κ3) is 2.79. The molecule has 2 aliphatic rings. The largest absolute Gasteiger partial charge is 0.469 e. The van der Waals surface area contributed by atoms with E-state index in [1.165, 1.54) is 18.3 Å². The van der Waals surface area contributed by atoms with E-state index >= 15 is 0 Å². The summed E-state index contributed by atoms with van der Waals surface area (Å²) < 4.78 is 10.0. The van der Waals surface area contributed by atoms with Gasteiger partial charge in [-0.2, -0.15) is 0 Å². The van der Waals surface area contributed by atoms with Crippen molar-refractivity contribution in [2.75, 3.05) is 7.11 Å². The molecule has 0 saturated carbocycles. The van der Waals surface area contributed by atoms with Crippen LogP contribution < -0.4 is 0 Å². The van der Waals surface area contributed by atoms with Crippen LogP contribution in [0.5, 0.6) is 0 Å². The van der Waals surface area contributed by atoms with Gasteiger partial charge in [0.2, 0.25) is 0 Å². The molecule has 0 aromatic rings. The van der Waals surface area contributed by atoms with Crippen LogP contribution >= 0.6 is 0 Å². The molecule has 3 atom stereocenters. The van der Waals surface area contributed by atoms with Crippen LogP contribution in [0.1, 0.15) is 39.5 Å². The van der Waals surface area contributed by atoms with E-state index < -0.39 is 0 Å². The highest BCUT2D eigenvalue weighted by atomic mass is 16.6. The molecule has 0 spiro atoms. The van der Waals surface area contributed by atoms with E-state index in [0.29, 0.717) is 17.9 Å². The molecule has 4 nitrogen and oxygen atoms in total. The number of ether oxygens (including phenoxy) is 2. The van der Waals surface area contributed by atoms with Gasteiger partial charge in [0.05, 0.1) is 7.11 Å². The molecule has 0 amide bonds. The monoisotopic (exact) mass is 278 g/mol. The van der Waals surface area contributed by atoms with Gasteiger partial charge < -0.3 is 9.47 Å². The first-order valence-electron chi connectivity index (χ1n) is 7.09. The Morgan fingerprint density at radius 1 is 1.50 bits per heavy atom. The third-order valence-electron chi connectivity index (χ3n) is 4.52. The zero-order chi connectivity index (χ0) is 14.9. The summed E-state index contributed by atoms with van der Waals surface area (Å²) in [6.07, 6.45) is 2.78. The van der Waals surface area contributed by atoms with Crippen molar-refractivity contribution in [1.29, 1.82) is 0 Å². The Bertz CT molecular complexity index is 475. The van der Waals surface area contributed by atoms with Crippen molar-refractivity contribution in [3.63, 3.8) is 0 Å². The first kappa shape index (κ1) is 14.8. The summed E-state index contributed by atoms with van der Waals surface area (Å²) >= 11 is 0. The SMILES string of the molecule is C=C1C(=O)OC2CC(C)=C(C(C)CCC(=O)OC)CC12. The van der Waals surface area contributed by atoms with Gasteiger partial charge in [-0.1, -0.05) is 24.6 Å². The van der Waals surface area contributed by atoms with Crippen molar-refractivity contribution in [2.24, 2.45) is 11.8 Å². The number of methoxy groups -OCH3 is 1. The van der Waals surface area contributed by atoms with Gasteiger partial charge in [0.15, 0.2) is 0 Å². The lowest BCUT2D eigenvalue weighted by atomic mass is 9.75. The Hall–Kier alpha value is -1.58. The van der Waals surface area contributed by atoms with Crippen LogP contribution in [0.3, 0.4) is 0 Å². The maximum atomic E-state index is 11.6. The Balaban J connectivity index is 2.04. The first-order chi connectivity index (χ1) is 9.43. The molecule has 1 fully saturated rings. The molecule has 0 aromatic heterocycles.